The van der Waals surface area contributed by atoms with Gasteiger partial charge in [0.05, 0.1) is 12.2 Å². The van der Waals surface area contributed by atoms with Gasteiger partial charge in [-0.25, -0.2) is 14.1 Å². The first-order chi connectivity index (χ1) is 15.3. The second-order valence-electron chi connectivity index (χ2n) is 7.35. The van der Waals surface area contributed by atoms with Gasteiger partial charge in [0.1, 0.15) is 24.5 Å². The van der Waals surface area contributed by atoms with Gasteiger partial charge in [-0.3, -0.25) is 14.4 Å². The minimum absolute atomic E-state index is 0.230. The predicted octanol–water partition coefficient (Wildman–Crippen LogP) is 1.92. The van der Waals surface area contributed by atoms with Crippen molar-refractivity contribution in [3.63, 3.8) is 0 Å². The Bertz CT molecular complexity index is 1070. The van der Waals surface area contributed by atoms with E-state index in [2.05, 4.69) is 26.0 Å². The molecule has 0 fully saturated rings. The molecule has 3 N–H and O–H groups in total. The highest BCUT2D eigenvalue weighted by molar-refractivity contribution is 5.99. The van der Waals surface area contributed by atoms with Crippen LogP contribution >= 0.6 is 0 Å². The van der Waals surface area contributed by atoms with Crippen molar-refractivity contribution in [1.82, 2.24) is 25.4 Å². The van der Waals surface area contributed by atoms with Gasteiger partial charge < -0.3 is 16.0 Å². The Morgan fingerprint density at radius 2 is 1.72 bits per heavy atom. The van der Waals surface area contributed by atoms with Gasteiger partial charge in [-0.05, 0) is 54.4 Å². The van der Waals surface area contributed by atoms with E-state index in [4.69, 9.17) is 0 Å². The summed E-state index contributed by atoms with van der Waals surface area (Å²) in [5, 5.41) is 11.9. The summed E-state index contributed by atoms with van der Waals surface area (Å²) in [7, 11) is 0. The average Bonchev–Trinajstić information content (AvgIpc) is 3.31. The monoisotopic (exact) mass is 438 g/mol. The fraction of sp³-hybridized carbons (Fsp3) is 0.227. The molecular formula is C22H23FN6O3. The van der Waals surface area contributed by atoms with E-state index < -0.39 is 29.6 Å². The number of anilines is 1. The fourth-order valence-electron chi connectivity index (χ4n) is 2.88. The van der Waals surface area contributed by atoms with Gasteiger partial charge in [-0.1, -0.05) is 13.8 Å². The lowest BCUT2D eigenvalue weighted by molar-refractivity contribution is -0.126. The molecule has 3 rings (SSSR count). The normalized spacial score (nSPS) is 11.6. The van der Waals surface area contributed by atoms with Crippen molar-refractivity contribution in [3.05, 3.63) is 72.6 Å². The Morgan fingerprint density at radius 1 is 1.03 bits per heavy atom. The molecule has 10 heteroatoms. The van der Waals surface area contributed by atoms with Crippen molar-refractivity contribution >= 4 is 23.4 Å². The van der Waals surface area contributed by atoms with Crippen LogP contribution < -0.4 is 16.0 Å². The first kappa shape index (κ1) is 22.6. The number of carbonyl (C=O) groups is 3. The van der Waals surface area contributed by atoms with E-state index in [9.17, 15) is 18.8 Å². The van der Waals surface area contributed by atoms with Gasteiger partial charge in [-0.15, -0.1) is 0 Å². The standard InChI is InChI=1S/C22H23FN6O3/c1-14(2)20(28-21(31)15-3-5-16(23)6-4-15)22(32)25-11-19(30)27-17-7-9-18(10-8-17)29-13-24-12-26-29/h3-10,12-14,20H,11H2,1-2H3,(H,25,32)(H,27,30)(H,28,31)/t20-/m1/s1. The molecule has 3 aromatic rings. The molecular weight excluding hydrogens is 415 g/mol. The number of hydrogen-bond acceptors (Lipinski definition) is 5. The highest BCUT2D eigenvalue weighted by Gasteiger charge is 2.25. The lowest BCUT2D eigenvalue weighted by Crippen LogP contribution is -2.51. The van der Waals surface area contributed by atoms with Crippen LogP contribution in [-0.4, -0.2) is 45.1 Å². The topological polar surface area (TPSA) is 118 Å². The van der Waals surface area contributed by atoms with Crippen LogP contribution in [0.4, 0.5) is 10.1 Å². The van der Waals surface area contributed by atoms with Crippen molar-refractivity contribution in [1.29, 1.82) is 0 Å². The third-order valence-corrected chi connectivity index (χ3v) is 4.60. The van der Waals surface area contributed by atoms with E-state index in [0.29, 0.717) is 5.69 Å². The van der Waals surface area contributed by atoms with Crippen LogP contribution in [0.2, 0.25) is 0 Å². The average molecular weight is 438 g/mol. The Balaban J connectivity index is 1.52. The maximum absolute atomic E-state index is 13.0. The molecule has 166 valence electrons. The number of rotatable bonds is 8. The lowest BCUT2D eigenvalue weighted by atomic mass is 10.0. The molecule has 32 heavy (non-hydrogen) atoms. The zero-order valence-electron chi connectivity index (χ0n) is 17.6. The summed E-state index contributed by atoms with van der Waals surface area (Å²) >= 11 is 0. The van der Waals surface area contributed by atoms with Crippen LogP contribution in [0.5, 0.6) is 0 Å². The maximum atomic E-state index is 13.0. The van der Waals surface area contributed by atoms with Crippen molar-refractivity contribution in [2.24, 2.45) is 5.92 Å². The molecule has 0 bridgehead atoms. The van der Waals surface area contributed by atoms with Crippen molar-refractivity contribution in [3.8, 4) is 5.69 Å². The smallest absolute Gasteiger partial charge is 0.251 e. The second-order valence-corrected chi connectivity index (χ2v) is 7.35. The van der Waals surface area contributed by atoms with Crippen molar-refractivity contribution in [2.75, 3.05) is 11.9 Å². The molecule has 3 amide bonds. The Morgan fingerprint density at radius 3 is 2.31 bits per heavy atom. The number of amides is 3. The van der Waals surface area contributed by atoms with Crippen LogP contribution in [0.15, 0.2) is 61.2 Å². The van der Waals surface area contributed by atoms with Crippen LogP contribution in [0.3, 0.4) is 0 Å². The second kappa shape index (κ2) is 10.3. The third kappa shape index (κ3) is 5.97. The van der Waals surface area contributed by atoms with Gasteiger partial charge >= 0.3 is 0 Å². The highest BCUT2D eigenvalue weighted by atomic mass is 19.1. The van der Waals surface area contributed by atoms with E-state index in [0.717, 1.165) is 5.69 Å². The fourth-order valence-corrected chi connectivity index (χ4v) is 2.88. The molecule has 0 saturated carbocycles. The number of aromatic nitrogens is 3. The van der Waals surface area contributed by atoms with Gasteiger partial charge in [0, 0.05) is 11.3 Å². The first-order valence-corrected chi connectivity index (χ1v) is 9.92. The largest absolute Gasteiger partial charge is 0.345 e. The van der Waals surface area contributed by atoms with Gasteiger partial charge in [-0.2, -0.15) is 5.10 Å². The predicted molar refractivity (Wildman–Crippen MR) is 115 cm³/mol. The Labute approximate surface area is 184 Å². The van der Waals surface area contributed by atoms with Crippen LogP contribution in [0, 0.1) is 11.7 Å². The molecule has 0 aliphatic carbocycles. The van der Waals surface area contributed by atoms with E-state index in [1.807, 2.05) is 0 Å². The molecule has 1 aromatic heterocycles. The van der Waals surface area contributed by atoms with Crippen molar-refractivity contribution < 1.29 is 18.8 Å². The molecule has 0 aliphatic heterocycles. The molecule has 0 radical (unpaired) electrons. The quantitative estimate of drug-likeness (QED) is 0.497. The molecule has 0 aliphatic rings. The zero-order chi connectivity index (χ0) is 23.1. The Hall–Kier alpha value is -4.08. The van der Waals surface area contributed by atoms with E-state index in [1.54, 1.807) is 49.1 Å². The zero-order valence-corrected chi connectivity index (χ0v) is 17.6. The summed E-state index contributed by atoms with van der Waals surface area (Å²) in [6.07, 6.45) is 2.98. The lowest BCUT2D eigenvalue weighted by Gasteiger charge is -2.21. The molecule has 2 aromatic carbocycles. The number of benzene rings is 2. The molecule has 9 nitrogen and oxygen atoms in total. The third-order valence-electron chi connectivity index (χ3n) is 4.60. The van der Waals surface area contributed by atoms with Gasteiger partial charge in [0.25, 0.3) is 5.91 Å². The summed E-state index contributed by atoms with van der Waals surface area (Å²) in [4.78, 5) is 41.0. The summed E-state index contributed by atoms with van der Waals surface area (Å²) < 4.78 is 14.6. The molecule has 0 saturated heterocycles. The Kier molecular flexibility index (Phi) is 7.27. The SMILES string of the molecule is CC(C)[C@@H](NC(=O)c1ccc(F)cc1)C(=O)NCC(=O)Nc1ccc(-n2cncn2)cc1. The molecule has 0 spiro atoms. The van der Waals surface area contributed by atoms with E-state index in [-0.39, 0.29) is 18.0 Å². The van der Waals surface area contributed by atoms with E-state index in [1.165, 1.54) is 30.6 Å². The highest BCUT2D eigenvalue weighted by Crippen LogP contribution is 2.12. The minimum Gasteiger partial charge on any atom is -0.345 e. The number of hydrogen-bond donors (Lipinski definition) is 3. The maximum Gasteiger partial charge on any atom is 0.251 e. The van der Waals surface area contributed by atoms with Gasteiger partial charge in [0.2, 0.25) is 11.8 Å². The van der Waals surface area contributed by atoms with Crippen molar-refractivity contribution in [2.45, 2.75) is 19.9 Å². The van der Waals surface area contributed by atoms with Gasteiger partial charge in [0.15, 0.2) is 0 Å². The summed E-state index contributed by atoms with van der Waals surface area (Å²) in [5.74, 6) is -2.10. The minimum atomic E-state index is -0.859. The van der Waals surface area contributed by atoms with Crippen LogP contribution in [-0.2, 0) is 9.59 Å². The molecule has 0 unspecified atom stereocenters. The number of halogens is 1. The number of nitrogens with zero attached hydrogens (tertiary/aromatic N) is 3. The summed E-state index contributed by atoms with van der Waals surface area (Å²) in [6.45, 7) is 3.27. The molecule has 1 atom stereocenters. The van der Waals surface area contributed by atoms with E-state index >= 15 is 0 Å². The number of nitrogens with one attached hydrogen (secondary N) is 3. The first-order valence-electron chi connectivity index (χ1n) is 9.92. The van der Waals surface area contributed by atoms with Crippen LogP contribution in [0.25, 0.3) is 5.69 Å². The number of carbonyl (C=O) groups excluding carboxylic acids is 3. The molecule has 1 heterocycles. The van der Waals surface area contributed by atoms with Crippen LogP contribution in [0.1, 0.15) is 24.2 Å². The summed E-state index contributed by atoms with van der Waals surface area (Å²) in [5.41, 5.74) is 1.57. The summed E-state index contributed by atoms with van der Waals surface area (Å²) in [6, 6.07) is 11.1.